The highest BCUT2D eigenvalue weighted by Gasteiger charge is 2.23. The SMILES string of the molecule is [B]c1cn(CC(=O)N[C@@H](Cc2cc(F)cc(F)c2)c2ncccc2-c2ccc(F)c(C(N)=O)c2)nc1N. The van der Waals surface area contributed by atoms with Gasteiger partial charge >= 0.3 is 0 Å². The molecule has 2 amide bonds. The topological polar surface area (TPSA) is 129 Å². The molecule has 37 heavy (non-hydrogen) atoms. The van der Waals surface area contributed by atoms with Gasteiger partial charge in [0.1, 0.15) is 37.7 Å². The first-order valence-electron chi connectivity index (χ1n) is 11.0. The van der Waals surface area contributed by atoms with Crippen molar-refractivity contribution in [3.63, 3.8) is 0 Å². The minimum atomic E-state index is -0.956. The van der Waals surface area contributed by atoms with E-state index in [4.69, 9.17) is 19.3 Å². The number of primary amides is 1. The number of pyridine rings is 1. The third kappa shape index (κ3) is 5.97. The molecule has 0 fully saturated rings. The van der Waals surface area contributed by atoms with Crippen LogP contribution in [-0.2, 0) is 17.8 Å². The monoisotopic (exact) mass is 504 g/mol. The number of rotatable bonds is 8. The van der Waals surface area contributed by atoms with E-state index in [9.17, 15) is 22.8 Å². The number of nitrogen functional groups attached to an aromatic ring is 1. The minimum absolute atomic E-state index is 0.0440. The normalized spacial score (nSPS) is 11.8. The van der Waals surface area contributed by atoms with Crippen LogP contribution in [0.2, 0.25) is 0 Å². The summed E-state index contributed by atoms with van der Waals surface area (Å²) in [6.45, 7) is -0.250. The molecule has 4 aromatic rings. The molecule has 0 spiro atoms. The summed E-state index contributed by atoms with van der Waals surface area (Å²) in [6.07, 6.45) is 2.82. The number of amides is 2. The minimum Gasteiger partial charge on any atom is -0.383 e. The van der Waals surface area contributed by atoms with Crippen LogP contribution in [0.15, 0.2) is 60.9 Å². The summed E-state index contributed by atoms with van der Waals surface area (Å²) in [6, 6.07) is 9.19. The molecule has 0 bridgehead atoms. The Morgan fingerprint density at radius 3 is 2.46 bits per heavy atom. The fraction of sp³-hybridized carbons (Fsp3) is 0.120. The van der Waals surface area contributed by atoms with Crippen LogP contribution >= 0.6 is 0 Å². The number of benzene rings is 2. The van der Waals surface area contributed by atoms with Crippen molar-refractivity contribution in [2.75, 3.05) is 5.73 Å². The predicted octanol–water partition coefficient (Wildman–Crippen LogP) is 1.94. The summed E-state index contributed by atoms with van der Waals surface area (Å²) in [5, 5.41) is 6.75. The van der Waals surface area contributed by atoms with E-state index in [1.807, 2.05) is 0 Å². The molecule has 0 saturated carbocycles. The number of carbonyl (C=O) groups excluding carboxylic acids is 2. The lowest BCUT2D eigenvalue weighted by molar-refractivity contribution is -0.122. The lowest BCUT2D eigenvalue weighted by Gasteiger charge is -2.22. The van der Waals surface area contributed by atoms with E-state index >= 15 is 0 Å². The highest BCUT2D eigenvalue weighted by atomic mass is 19.1. The predicted molar refractivity (Wildman–Crippen MR) is 131 cm³/mol. The van der Waals surface area contributed by atoms with Crippen LogP contribution in [0.3, 0.4) is 0 Å². The fourth-order valence-corrected chi connectivity index (χ4v) is 3.92. The molecule has 8 nitrogen and oxygen atoms in total. The number of nitrogens with zero attached hydrogens (tertiary/aromatic N) is 3. The van der Waals surface area contributed by atoms with Crippen LogP contribution < -0.4 is 22.2 Å². The van der Waals surface area contributed by atoms with Crippen LogP contribution in [0.5, 0.6) is 0 Å². The summed E-state index contributed by atoms with van der Waals surface area (Å²) < 4.78 is 43.2. The van der Waals surface area contributed by atoms with Gasteiger partial charge in [-0.15, -0.1) is 0 Å². The maximum absolute atomic E-state index is 14.1. The number of aromatic nitrogens is 3. The lowest BCUT2D eigenvalue weighted by atomic mass is 9.94. The molecule has 2 aromatic carbocycles. The first kappa shape index (κ1) is 25.5. The van der Waals surface area contributed by atoms with Gasteiger partial charge in [-0.3, -0.25) is 19.3 Å². The zero-order chi connectivity index (χ0) is 26.7. The van der Waals surface area contributed by atoms with Crippen molar-refractivity contribution in [3.05, 3.63) is 95.2 Å². The Morgan fingerprint density at radius 1 is 1.08 bits per heavy atom. The summed E-state index contributed by atoms with van der Waals surface area (Å²) in [7, 11) is 5.69. The molecular formula is C25H20BF3N6O2. The summed E-state index contributed by atoms with van der Waals surface area (Å²) >= 11 is 0. The zero-order valence-electron chi connectivity index (χ0n) is 19.3. The first-order chi connectivity index (χ1) is 17.6. The molecule has 5 N–H and O–H groups in total. The van der Waals surface area contributed by atoms with Gasteiger partial charge in [0, 0.05) is 24.0 Å². The molecule has 2 radical (unpaired) electrons. The van der Waals surface area contributed by atoms with E-state index < -0.39 is 35.3 Å². The van der Waals surface area contributed by atoms with Crippen molar-refractivity contribution in [1.29, 1.82) is 0 Å². The van der Waals surface area contributed by atoms with Gasteiger partial charge in [-0.1, -0.05) is 12.1 Å². The van der Waals surface area contributed by atoms with Crippen LogP contribution in [0.4, 0.5) is 19.0 Å². The Labute approximate surface area is 210 Å². The van der Waals surface area contributed by atoms with E-state index in [1.54, 1.807) is 12.1 Å². The third-order valence-electron chi connectivity index (χ3n) is 5.53. The molecule has 0 aliphatic rings. The number of hydrogen-bond acceptors (Lipinski definition) is 5. The van der Waals surface area contributed by atoms with Crippen LogP contribution in [-0.4, -0.2) is 34.4 Å². The number of hydrogen-bond donors (Lipinski definition) is 3. The molecule has 186 valence electrons. The number of anilines is 1. The molecule has 12 heteroatoms. The molecule has 2 heterocycles. The average Bonchev–Trinajstić information content (AvgIpc) is 3.14. The standard InChI is InChI=1S/C25H20BF3N6O2/c26-19-11-35(34-24(19)30)12-22(36)33-21(8-13-6-15(27)10-16(28)7-13)23-17(2-1-5-32-23)14-3-4-20(29)18(9-14)25(31)37/h1-7,9-11,21H,8,12H2,(H2,30,34)(H2,31,37)(H,33,36)/t21-/m0/s1. The van der Waals surface area contributed by atoms with Gasteiger partial charge < -0.3 is 16.8 Å². The number of nitrogens with one attached hydrogen (secondary N) is 1. The number of carbonyl (C=O) groups is 2. The average molecular weight is 504 g/mol. The molecule has 0 unspecified atom stereocenters. The van der Waals surface area contributed by atoms with Crippen molar-refractivity contribution in [1.82, 2.24) is 20.1 Å². The lowest BCUT2D eigenvalue weighted by Crippen LogP contribution is -2.33. The van der Waals surface area contributed by atoms with Crippen molar-refractivity contribution >= 4 is 30.9 Å². The summed E-state index contributed by atoms with van der Waals surface area (Å²) in [5.41, 5.74) is 12.2. The van der Waals surface area contributed by atoms with Gasteiger partial charge in [0.15, 0.2) is 0 Å². The molecule has 0 aliphatic heterocycles. The van der Waals surface area contributed by atoms with Gasteiger partial charge in [-0.25, -0.2) is 13.2 Å². The molecule has 4 rings (SSSR count). The number of halogens is 3. The van der Waals surface area contributed by atoms with Gasteiger partial charge in [0.2, 0.25) is 5.91 Å². The second-order valence-corrected chi connectivity index (χ2v) is 8.26. The van der Waals surface area contributed by atoms with Crippen LogP contribution in [0.25, 0.3) is 11.1 Å². The summed E-state index contributed by atoms with van der Waals surface area (Å²) in [4.78, 5) is 29.0. The summed E-state index contributed by atoms with van der Waals surface area (Å²) in [5.74, 6) is -3.77. The first-order valence-corrected chi connectivity index (χ1v) is 11.0. The molecule has 0 aliphatic carbocycles. The van der Waals surface area contributed by atoms with E-state index in [-0.39, 0.29) is 35.4 Å². The highest BCUT2D eigenvalue weighted by molar-refractivity contribution is 6.35. The highest BCUT2D eigenvalue weighted by Crippen LogP contribution is 2.30. The van der Waals surface area contributed by atoms with Gasteiger partial charge in [-0.2, -0.15) is 5.10 Å². The van der Waals surface area contributed by atoms with Crippen molar-refractivity contribution < 1.29 is 22.8 Å². The Kier molecular flexibility index (Phi) is 7.28. The second kappa shape index (κ2) is 10.6. The maximum atomic E-state index is 14.1. The van der Waals surface area contributed by atoms with Crippen molar-refractivity contribution in [3.8, 4) is 11.1 Å². The Bertz CT molecular complexity index is 1450. The fourth-order valence-electron chi connectivity index (χ4n) is 3.92. The quantitative estimate of drug-likeness (QED) is 0.316. The molecule has 0 saturated heterocycles. The van der Waals surface area contributed by atoms with E-state index in [1.165, 1.54) is 29.2 Å². The second-order valence-electron chi connectivity index (χ2n) is 8.26. The zero-order valence-corrected chi connectivity index (χ0v) is 19.3. The Morgan fingerprint density at radius 2 is 1.81 bits per heavy atom. The van der Waals surface area contributed by atoms with E-state index in [0.29, 0.717) is 16.8 Å². The Balaban J connectivity index is 1.74. The van der Waals surface area contributed by atoms with Gasteiger partial charge in [0.25, 0.3) is 5.91 Å². The Hall–Kier alpha value is -4.61. The smallest absolute Gasteiger partial charge is 0.251 e. The van der Waals surface area contributed by atoms with Gasteiger partial charge in [-0.05, 0) is 53.3 Å². The van der Waals surface area contributed by atoms with Crippen molar-refractivity contribution in [2.24, 2.45) is 5.73 Å². The van der Waals surface area contributed by atoms with E-state index in [0.717, 1.165) is 24.3 Å². The van der Waals surface area contributed by atoms with Crippen LogP contribution in [0.1, 0.15) is 27.7 Å². The maximum Gasteiger partial charge on any atom is 0.251 e. The third-order valence-corrected chi connectivity index (χ3v) is 5.53. The van der Waals surface area contributed by atoms with Crippen molar-refractivity contribution in [2.45, 2.75) is 19.0 Å². The van der Waals surface area contributed by atoms with Gasteiger partial charge in [0.05, 0.1) is 17.3 Å². The molecular weight excluding hydrogens is 484 g/mol. The molecule has 1 atom stereocenters. The largest absolute Gasteiger partial charge is 0.383 e. The van der Waals surface area contributed by atoms with Crippen LogP contribution in [0, 0.1) is 17.5 Å². The number of nitrogens with two attached hydrogens (primary N) is 2. The molecule has 2 aromatic heterocycles. The van der Waals surface area contributed by atoms with E-state index in [2.05, 4.69) is 15.4 Å².